The van der Waals surface area contributed by atoms with Gasteiger partial charge in [0.2, 0.25) is 0 Å². The van der Waals surface area contributed by atoms with Gasteiger partial charge in [-0.2, -0.15) is 0 Å². The number of carbonyl (C=O) groups excluding carboxylic acids is 1. The summed E-state index contributed by atoms with van der Waals surface area (Å²) in [5.41, 5.74) is 4.77. The second-order valence-corrected chi connectivity index (χ2v) is 11.7. The van der Waals surface area contributed by atoms with Gasteiger partial charge < -0.3 is 15.1 Å². The van der Waals surface area contributed by atoms with E-state index in [0.717, 1.165) is 61.7 Å². The number of unbranched alkanes of at least 4 members (excludes halogenated alkanes) is 7. The van der Waals surface area contributed by atoms with Gasteiger partial charge in [-0.25, -0.2) is 0 Å². The van der Waals surface area contributed by atoms with Crippen molar-refractivity contribution in [2.45, 2.75) is 77.0 Å². The Bertz CT molecular complexity index is 1590. The second-order valence-electron chi connectivity index (χ2n) is 10.9. The molecule has 2 aromatic carbocycles. The second kappa shape index (κ2) is 15.6. The molecule has 1 aliphatic rings. The fourth-order valence-electron chi connectivity index (χ4n) is 5.70. The number of nitrogens with zero attached hydrogens (tertiary/aromatic N) is 1. The standard InChI is InChI=1S/C33H37Cl2N3O3.ClH/c34-22-19-25(35)31-27(20-22)38-26-15-9-7-13-23(26)32(31)36-17-11-5-3-1-2-4-6-12-18-37-33(40)30-21-28(39)24-14-8-10-16-29(24)41-30;/h8,10,14,16,19-21H,1-7,9,11-13,15,17-18H2,(H,36,38)(H,37,40);1H. The van der Waals surface area contributed by atoms with Crippen molar-refractivity contribution in [3.63, 3.8) is 0 Å². The van der Waals surface area contributed by atoms with Crippen LogP contribution in [0.15, 0.2) is 51.7 Å². The number of amides is 1. The first-order valence-corrected chi connectivity index (χ1v) is 15.6. The average Bonchev–Trinajstić information content (AvgIpc) is 2.96. The molecule has 0 spiro atoms. The molecule has 1 aliphatic carbocycles. The van der Waals surface area contributed by atoms with Gasteiger partial charge >= 0.3 is 0 Å². The molecule has 0 fully saturated rings. The van der Waals surface area contributed by atoms with Crippen molar-refractivity contribution >= 4 is 69.1 Å². The zero-order valence-corrected chi connectivity index (χ0v) is 26.1. The Morgan fingerprint density at radius 2 is 1.57 bits per heavy atom. The van der Waals surface area contributed by atoms with E-state index in [2.05, 4.69) is 10.6 Å². The molecule has 6 nitrogen and oxygen atoms in total. The Balaban J connectivity index is 0.00000405. The van der Waals surface area contributed by atoms with E-state index in [4.69, 9.17) is 32.6 Å². The van der Waals surface area contributed by atoms with Crippen LogP contribution >= 0.6 is 35.6 Å². The van der Waals surface area contributed by atoms with E-state index >= 15 is 0 Å². The highest BCUT2D eigenvalue weighted by Crippen LogP contribution is 2.38. The molecule has 4 aromatic rings. The molecule has 42 heavy (non-hydrogen) atoms. The van der Waals surface area contributed by atoms with Crippen LogP contribution < -0.4 is 16.1 Å². The number of hydrogen-bond acceptors (Lipinski definition) is 5. The third kappa shape index (κ3) is 7.97. The van der Waals surface area contributed by atoms with Gasteiger partial charge in [0, 0.05) is 35.3 Å². The molecule has 2 aromatic heterocycles. The Morgan fingerprint density at radius 3 is 2.36 bits per heavy atom. The van der Waals surface area contributed by atoms with E-state index in [1.165, 1.54) is 55.8 Å². The van der Waals surface area contributed by atoms with Crippen LogP contribution in [0.25, 0.3) is 21.9 Å². The van der Waals surface area contributed by atoms with E-state index in [9.17, 15) is 9.59 Å². The minimum atomic E-state index is -0.340. The Morgan fingerprint density at radius 1 is 0.881 bits per heavy atom. The summed E-state index contributed by atoms with van der Waals surface area (Å²) in [5.74, 6) is -0.277. The number of hydrogen-bond donors (Lipinski definition) is 2. The molecule has 2 heterocycles. The molecule has 2 N–H and O–H groups in total. The maximum Gasteiger partial charge on any atom is 0.287 e. The van der Waals surface area contributed by atoms with Crippen molar-refractivity contribution < 1.29 is 9.21 Å². The number of carbonyl (C=O) groups is 1. The first-order valence-electron chi connectivity index (χ1n) is 14.9. The number of aromatic nitrogens is 1. The number of benzene rings is 2. The highest BCUT2D eigenvalue weighted by Gasteiger charge is 2.20. The van der Waals surface area contributed by atoms with Gasteiger partial charge in [-0.3, -0.25) is 14.6 Å². The van der Waals surface area contributed by atoms with Crippen molar-refractivity contribution in [1.82, 2.24) is 10.3 Å². The zero-order valence-electron chi connectivity index (χ0n) is 23.8. The highest BCUT2D eigenvalue weighted by atomic mass is 35.5. The summed E-state index contributed by atoms with van der Waals surface area (Å²) in [6, 6.07) is 12.0. The largest absolute Gasteiger partial charge is 0.451 e. The van der Waals surface area contributed by atoms with Crippen LogP contribution in [0.5, 0.6) is 0 Å². The monoisotopic (exact) mass is 629 g/mol. The lowest BCUT2D eigenvalue weighted by Gasteiger charge is -2.22. The molecule has 0 aliphatic heterocycles. The summed E-state index contributed by atoms with van der Waals surface area (Å²) in [7, 11) is 0. The molecule has 0 saturated carbocycles. The maximum atomic E-state index is 12.4. The molecule has 0 atom stereocenters. The van der Waals surface area contributed by atoms with Crippen molar-refractivity contribution in [2.24, 2.45) is 0 Å². The van der Waals surface area contributed by atoms with E-state index < -0.39 is 0 Å². The van der Waals surface area contributed by atoms with E-state index in [0.29, 0.717) is 27.6 Å². The number of rotatable bonds is 13. The number of nitrogens with one attached hydrogen (secondary N) is 2. The molecular weight excluding hydrogens is 593 g/mol. The number of fused-ring (bicyclic) bond motifs is 3. The quantitative estimate of drug-likeness (QED) is 0.144. The van der Waals surface area contributed by atoms with Gasteiger partial charge in [0.25, 0.3) is 5.91 Å². The van der Waals surface area contributed by atoms with Crippen LogP contribution in [0.3, 0.4) is 0 Å². The molecule has 224 valence electrons. The van der Waals surface area contributed by atoms with Crippen molar-refractivity contribution in [2.75, 3.05) is 18.4 Å². The third-order valence-corrected chi connectivity index (χ3v) is 8.35. The van der Waals surface area contributed by atoms with Gasteiger partial charge in [-0.15, -0.1) is 12.4 Å². The lowest BCUT2D eigenvalue weighted by molar-refractivity contribution is 0.0925. The first kappa shape index (κ1) is 32.1. The van der Waals surface area contributed by atoms with Gasteiger partial charge in [0.15, 0.2) is 11.2 Å². The lowest BCUT2D eigenvalue weighted by atomic mass is 9.92. The zero-order chi connectivity index (χ0) is 28.6. The Labute approximate surface area is 263 Å². The fraction of sp³-hybridized carbons (Fsp3) is 0.424. The van der Waals surface area contributed by atoms with Gasteiger partial charge in [-0.05, 0) is 68.4 Å². The third-order valence-electron chi connectivity index (χ3n) is 7.83. The summed E-state index contributed by atoms with van der Waals surface area (Å²) >= 11 is 12.9. The van der Waals surface area contributed by atoms with Gasteiger partial charge in [-0.1, -0.05) is 73.9 Å². The normalized spacial score (nSPS) is 12.6. The topological polar surface area (TPSA) is 84.2 Å². The molecule has 0 radical (unpaired) electrons. The summed E-state index contributed by atoms with van der Waals surface area (Å²) in [6.07, 6.45) is 13.5. The summed E-state index contributed by atoms with van der Waals surface area (Å²) in [6.45, 7) is 1.49. The predicted octanol–water partition coefficient (Wildman–Crippen LogP) is 8.91. The van der Waals surface area contributed by atoms with Crippen LogP contribution in [0.1, 0.15) is 86.0 Å². The smallest absolute Gasteiger partial charge is 0.287 e. The van der Waals surface area contributed by atoms with E-state index in [1.54, 1.807) is 24.3 Å². The molecule has 0 bridgehead atoms. The molecule has 1 amide bonds. The number of pyridine rings is 1. The summed E-state index contributed by atoms with van der Waals surface area (Å²) in [5, 5.41) is 9.34. The van der Waals surface area contributed by atoms with Crippen molar-refractivity contribution in [3.05, 3.63) is 79.8 Å². The predicted molar refractivity (Wildman–Crippen MR) is 176 cm³/mol. The molecule has 5 rings (SSSR count). The minimum absolute atomic E-state index is 0. The number of halogens is 3. The van der Waals surface area contributed by atoms with Gasteiger partial charge in [0.1, 0.15) is 5.58 Å². The number of aryl methyl sites for hydroxylation is 1. The highest BCUT2D eigenvalue weighted by molar-refractivity contribution is 6.39. The molecule has 9 heteroatoms. The minimum Gasteiger partial charge on any atom is -0.451 e. The Hall–Kier alpha value is -2.80. The van der Waals surface area contributed by atoms with Crippen LogP contribution in [-0.4, -0.2) is 24.0 Å². The molecule has 0 unspecified atom stereocenters. The fourth-order valence-corrected chi connectivity index (χ4v) is 6.28. The van der Waals surface area contributed by atoms with E-state index in [-0.39, 0.29) is 29.5 Å². The SMILES string of the molecule is Cl.O=C(NCCCCCCCCCCNc1c2c(nc3cc(Cl)cc(Cl)c13)CCCC2)c1cc(=O)c2ccccc2o1. The summed E-state index contributed by atoms with van der Waals surface area (Å²) < 4.78 is 5.60. The van der Waals surface area contributed by atoms with Crippen molar-refractivity contribution in [1.29, 1.82) is 0 Å². The molecular formula is C33H38Cl3N3O3. The number of anilines is 1. The Kier molecular flexibility index (Phi) is 11.9. The van der Waals surface area contributed by atoms with Crippen LogP contribution in [-0.2, 0) is 12.8 Å². The van der Waals surface area contributed by atoms with Crippen molar-refractivity contribution in [3.8, 4) is 0 Å². The average molecular weight is 631 g/mol. The van der Waals surface area contributed by atoms with Gasteiger partial charge in [0.05, 0.1) is 21.6 Å². The number of para-hydroxylation sites is 1. The molecule has 0 saturated heterocycles. The van der Waals surface area contributed by atoms with Crippen LogP contribution in [0, 0.1) is 0 Å². The lowest BCUT2D eigenvalue weighted by Crippen LogP contribution is -2.25. The maximum absolute atomic E-state index is 12.4. The van der Waals surface area contributed by atoms with Crippen LogP contribution in [0.4, 0.5) is 5.69 Å². The summed E-state index contributed by atoms with van der Waals surface area (Å²) in [4.78, 5) is 29.5. The van der Waals surface area contributed by atoms with Crippen LogP contribution in [0.2, 0.25) is 10.0 Å². The van der Waals surface area contributed by atoms with E-state index in [1.807, 2.05) is 12.1 Å². The first-order chi connectivity index (χ1) is 20.0.